The van der Waals surface area contributed by atoms with E-state index in [1.807, 2.05) is 76.2 Å². The molecule has 0 radical (unpaired) electrons. The molecule has 156 valence electrons. The number of nitrogens with zero attached hydrogens (tertiary/aromatic N) is 1. The molecule has 1 atom stereocenters. The number of nitrogens with one attached hydrogen (secondary N) is 1. The molecule has 0 aliphatic heterocycles. The Labute approximate surface area is 183 Å². The van der Waals surface area contributed by atoms with Crippen LogP contribution in [0.4, 0.5) is 0 Å². The zero-order chi connectivity index (χ0) is 21.4. The molecule has 2 aromatic carbocycles. The van der Waals surface area contributed by atoms with Crippen molar-refractivity contribution in [2.45, 2.75) is 57.6 Å². The van der Waals surface area contributed by atoms with Crippen molar-refractivity contribution in [3.05, 3.63) is 64.7 Å². The molecule has 0 aliphatic carbocycles. The third-order valence-electron chi connectivity index (χ3n) is 4.59. The number of aryl methyl sites for hydroxylation is 1. The summed E-state index contributed by atoms with van der Waals surface area (Å²) in [5, 5.41) is 3.62. The Balaban J connectivity index is 2.21. The molecular weight excluding hydrogens is 404 g/mol. The third kappa shape index (κ3) is 7.09. The smallest absolute Gasteiger partial charge is 0.243 e. The van der Waals surface area contributed by atoms with Crippen molar-refractivity contribution in [2.75, 3.05) is 5.75 Å². The van der Waals surface area contributed by atoms with Gasteiger partial charge in [0.05, 0.1) is 5.75 Å². The molecule has 0 fully saturated rings. The molecule has 0 bridgehead atoms. The van der Waals surface area contributed by atoms with Gasteiger partial charge in [0.2, 0.25) is 11.8 Å². The number of amides is 2. The van der Waals surface area contributed by atoms with Gasteiger partial charge in [0.1, 0.15) is 6.04 Å². The minimum atomic E-state index is -0.504. The van der Waals surface area contributed by atoms with Crippen LogP contribution in [0.2, 0.25) is 5.02 Å². The zero-order valence-electron chi connectivity index (χ0n) is 17.4. The zero-order valence-corrected chi connectivity index (χ0v) is 19.0. The number of thioether (sulfide) groups is 1. The Kier molecular flexibility index (Phi) is 9.05. The molecule has 0 saturated heterocycles. The Hall–Kier alpha value is -1.98. The van der Waals surface area contributed by atoms with Crippen molar-refractivity contribution in [1.29, 1.82) is 0 Å². The van der Waals surface area contributed by atoms with E-state index in [0.717, 1.165) is 16.0 Å². The fourth-order valence-electron chi connectivity index (χ4n) is 3.03. The highest BCUT2D eigenvalue weighted by Gasteiger charge is 2.29. The van der Waals surface area contributed by atoms with Crippen LogP contribution in [0.25, 0.3) is 0 Å². The highest BCUT2D eigenvalue weighted by atomic mass is 35.5. The van der Waals surface area contributed by atoms with Gasteiger partial charge in [-0.3, -0.25) is 9.59 Å². The van der Waals surface area contributed by atoms with Gasteiger partial charge in [-0.15, -0.1) is 11.8 Å². The second-order valence-corrected chi connectivity index (χ2v) is 8.76. The number of carbonyl (C=O) groups is 2. The van der Waals surface area contributed by atoms with Crippen molar-refractivity contribution in [1.82, 2.24) is 10.2 Å². The summed E-state index contributed by atoms with van der Waals surface area (Å²) in [5.41, 5.74) is 2.16. The molecule has 0 spiro atoms. The monoisotopic (exact) mass is 432 g/mol. The van der Waals surface area contributed by atoms with Crippen molar-refractivity contribution < 1.29 is 9.59 Å². The van der Waals surface area contributed by atoms with E-state index in [1.54, 1.807) is 4.90 Å². The summed E-state index contributed by atoms with van der Waals surface area (Å²) in [4.78, 5) is 28.7. The number of rotatable bonds is 9. The Morgan fingerprint density at radius 1 is 1.10 bits per heavy atom. The second-order valence-electron chi connectivity index (χ2n) is 7.28. The highest BCUT2D eigenvalue weighted by molar-refractivity contribution is 8.00. The van der Waals surface area contributed by atoms with Gasteiger partial charge in [-0.2, -0.15) is 0 Å². The molecule has 0 aliphatic rings. The molecule has 0 aromatic heterocycles. The van der Waals surface area contributed by atoms with Crippen molar-refractivity contribution in [3.8, 4) is 0 Å². The summed E-state index contributed by atoms with van der Waals surface area (Å²) < 4.78 is 0. The van der Waals surface area contributed by atoms with E-state index in [0.29, 0.717) is 18.0 Å². The molecule has 0 unspecified atom stereocenters. The van der Waals surface area contributed by atoms with Crippen LogP contribution in [-0.4, -0.2) is 34.6 Å². The molecule has 2 amide bonds. The lowest BCUT2D eigenvalue weighted by molar-refractivity contribution is -0.139. The number of halogens is 1. The van der Waals surface area contributed by atoms with E-state index < -0.39 is 6.04 Å². The summed E-state index contributed by atoms with van der Waals surface area (Å²) in [6, 6.07) is 14.9. The molecule has 2 rings (SSSR count). The average Bonchev–Trinajstić information content (AvgIpc) is 2.68. The summed E-state index contributed by atoms with van der Waals surface area (Å²) in [7, 11) is 0. The standard InChI is InChI=1S/C23H29ClN2O2S/c1-5-21(23(28)25-16(2)3)26(14-18-9-7-6-8-17(18)4)22(27)15-29-20-12-10-19(24)11-13-20/h6-13,16,21H,5,14-15H2,1-4H3,(H,25,28)/t21-/m0/s1. The fraction of sp³-hybridized carbons (Fsp3) is 0.391. The van der Waals surface area contributed by atoms with Crippen LogP contribution in [0.3, 0.4) is 0 Å². The fourth-order valence-corrected chi connectivity index (χ4v) is 3.94. The number of hydrogen-bond acceptors (Lipinski definition) is 3. The normalized spacial score (nSPS) is 11.9. The average molecular weight is 433 g/mol. The SMILES string of the molecule is CC[C@@H](C(=O)NC(C)C)N(Cc1ccccc1C)C(=O)CSc1ccc(Cl)cc1. The Morgan fingerprint density at radius 2 is 1.76 bits per heavy atom. The van der Waals surface area contributed by atoms with E-state index >= 15 is 0 Å². The molecule has 29 heavy (non-hydrogen) atoms. The van der Waals surface area contributed by atoms with Crippen LogP contribution in [0.5, 0.6) is 0 Å². The number of carbonyl (C=O) groups excluding carboxylic acids is 2. The van der Waals surface area contributed by atoms with Crippen LogP contribution in [0, 0.1) is 6.92 Å². The predicted octanol–water partition coefficient (Wildman–Crippen LogP) is 5.07. The quantitative estimate of drug-likeness (QED) is 0.562. The summed E-state index contributed by atoms with van der Waals surface area (Å²) >= 11 is 7.39. The number of hydrogen-bond donors (Lipinski definition) is 1. The third-order valence-corrected chi connectivity index (χ3v) is 5.84. The minimum absolute atomic E-state index is 0.0235. The van der Waals surface area contributed by atoms with E-state index in [4.69, 9.17) is 11.6 Å². The Morgan fingerprint density at radius 3 is 2.34 bits per heavy atom. The summed E-state index contributed by atoms with van der Waals surface area (Å²) in [6.45, 7) is 8.23. The van der Waals surface area contributed by atoms with Gasteiger partial charge in [0.15, 0.2) is 0 Å². The molecule has 1 N–H and O–H groups in total. The molecular formula is C23H29ClN2O2S. The minimum Gasteiger partial charge on any atom is -0.352 e. The van der Waals surface area contributed by atoms with Gasteiger partial charge < -0.3 is 10.2 Å². The van der Waals surface area contributed by atoms with Crippen LogP contribution < -0.4 is 5.32 Å². The molecule has 4 nitrogen and oxygen atoms in total. The topological polar surface area (TPSA) is 49.4 Å². The van der Waals surface area contributed by atoms with Gasteiger partial charge in [0, 0.05) is 22.5 Å². The van der Waals surface area contributed by atoms with Crippen molar-refractivity contribution >= 4 is 35.2 Å². The highest BCUT2D eigenvalue weighted by Crippen LogP contribution is 2.23. The summed E-state index contributed by atoms with van der Waals surface area (Å²) in [5.74, 6) is 0.0961. The lowest BCUT2D eigenvalue weighted by Gasteiger charge is -2.31. The van der Waals surface area contributed by atoms with Crippen LogP contribution >= 0.6 is 23.4 Å². The largest absolute Gasteiger partial charge is 0.352 e. The molecule has 0 heterocycles. The maximum atomic E-state index is 13.2. The van der Waals surface area contributed by atoms with Crippen molar-refractivity contribution in [2.24, 2.45) is 0 Å². The van der Waals surface area contributed by atoms with Gasteiger partial charge in [-0.25, -0.2) is 0 Å². The Bertz CT molecular complexity index is 824. The van der Waals surface area contributed by atoms with E-state index in [9.17, 15) is 9.59 Å². The second kappa shape index (κ2) is 11.3. The van der Waals surface area contributed by atoms with Gasteiger partial charge in [0.25, 0.3) is 0 Å². The van der Waals surface area contributed by atoms with Crippen LogP contribution in [0.15, 0.2) is 53.4 Å². The van der Waals surface area contributed by atoms with E-state index in [2.05, 4.69) is 5.32 Å². The first kappa shape index (κ1) is 23.3. The first-order valence-corrected chi connectivity index (χ1v) is 11.2. The maximum Gasteiger partial charge on any atom is 0.243 e. The van der Waals surface area contributed by atoms with Gasteiger partial charge >= 0.3 is 0 Å². The van der Waals surface area contributed by atoms with Crippen molar-refractivity contribution in [3.63, 3.8) is 0 Å². The van der Waals surface area contributed by atoms with Gasteiger partial charge in [-0.05, 0) is 62.6 Å². The van der Waals surface area contributed by atoms with Gasteiger partial charge in [-0.1, -0.05) is 42.8 Å². The summed E-state index contributed by atoms with van der Waals surface area (Å²) in [6.07, 6.45) is 0.557. The lowest BCUT2D eigenvalue weighted by Crippen LogP contribution is -2.51. The molecule has 6 heteroatoms. The lowest BCUT2D eigenvalue weighted by atomic mass is 10.1. The first-order valence-electron chi connectivity index (χ1n) is 9.84. The molecule has 0 saturated carbocycles. The molecule has 2 aromatic rings. The maximum absolute atomic E-state index is 13.2. The van der Waals surface area contributed by atoms with Crippen LogP contribution in [-0.2, 0) is 16.1 Å². The van der Waals surface area contributed by atoms with E-state index in [-0.39, 0.29) is 23.6 Å². The first-order chi connectivity index (χ1) is 13.8. The van der Waals surface area contributed by atoms with Crippen LogP contribution in [0.1, 0.15) is 38.3 Å². The van der Waals surface area contributed by atoms with E-state index in [1.165, 1.54) is 11.8 Å². The number of benzene rings is 2. The predicted molar refractivity (Wildman–Crippen MR) is 121 cm³/mol.